The number of benzene rings is 2. The van der Waals surface area contributed by atoms with Gasteiger partial charge < -0.3 is 9.47 Å². The standard InChI is InChI=1S/C19H25NO4S/c1-13-8-6-7-9-17(13)18(23-4)12-20-25(21,22)16-10-14(2)19(24-5)15(3)11-16/h6-11,18,20H,12H2,1-5H3. The molecule has 136 valence electrons. The van der Waals surface area contributed by atoms with Gasteiger partial charge in [-0.1, -0.05) is 24.3 Å². The van der Waals surface area contributed by atoms with E-state index in [0.717, 1.165) is 22.3 Å². The lowest BCUT2D eigenvalue weighted by atomic mass is 10.0. The molecule has 2 aromatic carbocycles. The number of rotatable bonds is 7. The summed E-state index contributed by atoms with van der Waals surface area (Å²) in [5.74, 6) is 0.702. The summed E-state index contributed by atoms with van der Waals surface area (Å²) in [7, 11) is -0.489. The Labute approximate surface area is 150 Å². The number of sulfonamides is 1. The van der Waals surface area contributed by atoms with E-state index in [9.17, 15) is 8.42 Å². The van der Waals surface area contributed by atoms with Crippen LogP contribution in [-0.2, 0) is 14.8 Å². The van der Waals surface area contributed by atoms with Crippen LogP contribution >= 0.6 is 0 Å². The van der Waals surface area contributed by atoms with Gasteiger partial charge in [-0.2, -0.15) is 0 Å². The molecule has 0 aliphatic carbocycles. The van der Waals surface area contributed by atoms with Crippen LogP contribution in [-0.4, -0.2) is 29.2 Å². The van der Waals surface area contributed by atoms with Crippen molar-refractivity contribution in [2.75, 3.05) is 20.8 Å². The molecule has 2 rings (SSSR count). The first-order valence-corrected chi connectivity index (χ1v) is 9.51. The highest BCUT2D eigenvalue weighted by Gasteiger charge is 2.20. The van der Waals surface area contributed by atoms with E-state index in [1.807, 2.05) is 45.0 Å². The van der Waals surface area contributed by atoms with Crippen molar-refractivity contribution in [1.82, 2.24) is 4.72 Å². The van der Waals surface area contributed by atoms with E-state index in [4.69, 9.17) is 9.47 Å². The summed E-state index contributed by atoms with van der Waals surface area (Å²) in [6.45, 7) is 5.80. The van der Waals surface area contributed by atoms with E-state index in [-0.39, 0.29) is 17.5 Å². The zero-order chi connectivity index (χ0) is 18.6. The highest BCUT2D eigenvalue weighted by Crippen LogP contribution is 2.27. The molecule has 1 atom stereocenters. The van der Waals surface area contributed by atoms with Crippen LogP contribution < -0.4 is 9.46 Å². The Morgan fingerprint density at radius 1 is 1.00 bits per heavy atom. The van der Waals surface area contributed by atoms with Gasteiger partial charge >= 0.3 is 0 Å². The zero-order valence-corrected chi connectivity index (χ0v) is 16.1. The average molecular weight is 363 g/mol. The Morgan fingerprint density at radius 2 is 1.60 bits per heavy atom. The lowest BCUT2D eigenvalue weighted by molar-refractivity contribution is 0.107. The number of nitrogens with one attached hydrogen (secondary N) is 1. The van der Waals surface area contributed by atoms with Gasteiger partial charge in [0.25, 0.3) is 0 Å². The summed E-state index contributed by atoms with van der Waals surface area (Å²) in [4.78, 5) is 0.225. The highest BCUT2D eigenvalue weighted by molar-refractivity contribution is 7.89. The molecule has 0 saturated carbocycles. The van der Waals surface area contributed by atoms with Crippen molar-refractivity contribution >= 4 is 10.0 Å². The Morgan fingerprint density at radius 3 is 2.12 bits per heavy atom. The molecule has 25 heavy (non-hydrogen) atoms. The molecule has 0 saturated heterocycles. The van der Waals surface area contributed by atoms with Crippen molar-refractivity contribution in [3.05, 3.63) is 58.7 Å². The van der Waals surface area contributed by atoms with Gasteiger partial charge in [-0.05, 0) is 55.2 Å². The van der Waals surface area contributed by atoms with E-state index in [1.54, 1.807) is 26.4 Å². The van der Waals surface area contributed by atoms with Crippen LogP contribution in [0.25, 0.3) is 0 Å². The number of hydrogen-bond donors (Lipinski definition) is 1. The summed E-state index contributed by atoms with van der Waals surface area (Å²) >= 11 is 0. The molecule has 6 heteroatoms. The predicted molar refractivity (Wildman–Crippen MR) is 98.6 cm³/mol. The molecule has 0 heterocycles. The second-order valence-corrected chi connectivity index (χ2v) is 7.79. The van der Waals surface area contributed by atoms with Crippen LogP contribution in [0.15, 0.2) is 41.3 Å². The minimum absolute atomic E-state index is 0.161. The molecule has 0 bridgehead atoms. The Bertz CT molecular complexity index is 823. The van der Waals surface area contributed by atoms with Crippen LogP contribution in [0.5, 0.6) is 5.75 Å². The molecular formula is C19H25NO4S. The van der Waals surface area contributed by atoms with Crippen LogP contribution in [0.3, 0.4) is 0 Å². The maximum Gasteiger partial charge on any atom is 0.240 e. The van der Waals surface area contributed by atoms with E-state index < -0.39 is 10.0 Å². The fourth-order valence-corrected chi connectivity index (χ4v) is 4.13. The van der Waals surface area contributed by atoms with E-state index in [0.29, 0.717) is 5.75 Å². The summed E-state index contributed by atoms with van der Waals surface area (Å²) in [5.41, 5.74) is 3.59. The normalized spacial score (nSPS) is 12.8. The first-order chi connectivity index (χ1) is 11.8. The minimum atomic E-state index is -3.64. The van der Waals surface area contributed by atoms with Gasteiger partial charge in [0.05, 0.1) is 18.1 Å². The largest absolute Gasteiger partial charge is 0.496 e. The first kappa shape index (κ1) is 19.4. The molecule has 0 aliphatic heterocycles. The van der Waals surface area contributed by atoms with Crippen molar-refractivity contribution in [3.8, 4) is 5.75 Å². The molecular weight excluding hydrogens is 338 g/mol. The second kappa shape index (κ2) is 7.99. The van der Waals surface area contributed by atoms with Crippen molar-refractivity contribution in [2.45, 2.75) is 31.8 Å². The fraction of sp³-hybridized carbons (Fsp3) is 0.368. The lowest BCUT2D eigenvalue weighted by Gasteiger charge is -2.19. The van der Waals surface area contributed by atoms with Gasteiger partial charge in [0.1, 0.15) is 5.75 Å². The van der Waals surface area contributed by atoms with Crippen molar-refractivity contribution in [2.24, 2.45) is 0 Å². The number of aryl methyl sites for hydroxylation is 3. The summed E-state index contributed by atoms with van der Waals surface area (Å²) in [5, 5.41) is 0. The Hall–Kier alpha value is -1.89. The monoisotopic (exact) mass is 363 g/mol. The molecule has 0 fully saturated rings. The maximum atomic E-state index is 12.7. The highest BCUT2D eigenvalue weighted by atomic mass is 32.2. The van der Waals surface area contributed by atoms with E-state index in [1.165, 1.54) is 0 Å². The molecule has 1 N–H and O–H groups in total. The molecule has 0 aromatic heterocycles. The van der Waals surface area contributed by atoms with Crippen molar-refractivity contribution in [3.63, 3.8) is 0 Å². The van der Waals surface area contributed by atoms with Crippen LogP contribution in [0, 0.1) is 20.8 Å². The Balaban J connectivity index is 2.23. The quantitative estimate of drug-likeness (QED) is 0.820. The average Bonchev–Trinajstić information content (AvgIpc) is 2.56. The molecule has 1 unspecified atom stereocenters. The van der Waals surface area contributed by atoms with Crippen LogP contribution in [0.4, 0.5) is 0 Å². The van der Waals surface area contributed by atoms with Gasteiger partial charge in [-0.3, -0.25) is 0 Å². The number of methoxy groups -OCH3 is 2. The van der Waals surface area contributed by atoms with Gasteiger partial charge in [-0.15, -0.1) is 0 Å². The molecule has 0 radical (unpaired) electrons. The fourth-order valence-electron chi connectivity index (χ4n) is 2.92. The van der Waals surface area contributed by atoms with Crippen LogP contribution in [0.1, 0.15) is 28.4 Å². The number of ether oxygens (including phenoxy) is 2. The van der Waals surface area contributed by atoms with Gasteiger partial charge in [-0.25, -0.2) is 13.1 Å². The lowest BCUT2D eigenvalue weighted by Crippen LogP contribution is -2.29. The molecule has 0 spiro atoms. The summed E-state index contributed by atoms with van der Waals surface area (Å²) in [6, 6.07) is 11.0. The van der Waals surface area contributed by atoms with Gasteiger partial charge in [0.15, 0.2) is 0 Å². The van der Waals surface area contributed by atoms with Crippen LogP contribution in [0.2, 0.25) is 0 Å². The second-order valence-electron chi connectivity index (χ2n) is 6.02. The SMILES string of the molecule is COc1c(C)cc(S(=O)(=O)NCC(OC)c2ccccc2C)cc1C. The maximum absolute atomic E-state index is 12.7. The van der Waals surface area contributed by atoms with E-state index in [2.05, 4.69) is 4.72 Å². The molecule has 0 aliphatic rings. The smallest absolute Gasteiger partial charge is 0.240 e. The van der Waals surface area contributed by atoms with Crippen molar-refractivity contribution < 1.29 is 17.9 Å². The zero-order valence-electron chi connectivity index (χ0n) is 15.3. The minimum Gasteiger partial charge on any atom is -0.496 e. The number of hydrogen-bond acceptors (Lipinski definition) is 4. The summed E-state index contributed by atoms with van der Waals surface area (Å²) in [6.07, 6.45) is -0.351. The summed E-state index contributed by atoms with van der Waals surface area (Å²) < 4.78 is 38.8. The molecule has 5 nitrogen and oxygen atoms in total. The van der Waals surface area contributed by atoms with E-state index >= 15 is 0 Å². The predicted octanol–water partition coefficient (Wildman–Crippen LogP) is 3.29. The third kappa shape index (κ3) is 4.39. The topological polar surface area (TPSA) is 64.6 Å². The van der Waals surface area contributed by atoms with Crippen molar-refractivity contribution in [1.29, 1.82) is 0 Å². The first-order valence-electron chi connectivity index (χ1n) is 8.03. The Kier molecular flexibility index (Phi) is 6.21. The van der Waals surface area contributed by atoms with Gasteiger partial charge in [0.2, 0.25) is 10.0 Å². The van der Waals surface area contributed by atoms with Gasteiger partial charge in [0, 0.05) is 13.7 Å². The molecule has 0 amide bonds. The molecule has 2 aromatic rings. The third-order valence-corrected chi connectivity index (χ3v) is 5.63. The third-order valence-electron chi connectivity index (χ3n) is 4.23.